The van der Waals surface area contributed by atoms with Crippen LogP contribution in [0.25, 0.3) is 0 Å². The zero-order valence-corrected chi connectivity index (χ0v) is 11.6. The van der Waals surface area contributed by atoms with Gasteiger partial charge in [0.05, 0.1) is 11.3 Å². The van der Waals surface area contributed by atoms with Gasteiger partial charge in [0, 0.05) is 18.8 Å². The first-order chi connectivity index (χ1) is 8.98. The highest BCUT2D eigenvalue weighted by Crippen LogP contribution is 2.35. The van der Waals surface area contributed by atoms with Gasteiger partial charge in [-0.05, 0) is 43.2 Å². The van der Waals surface area contributed by atoms with Gasteiger partial charge >= 0.3 is 5.97 Å². The summed E-state index contributed by atoms with van der Waals surface area (Å²) in [5, 5.41) is 12.5. The highest BCUT2D eigenvalue weighted by Gasteiger charge is 2.26. The maximum atomic E-state index is 11.1. The van der Waals surface area contributed by atoms with Crippen molar-refractivity contribution < 1.29 is 9.90 Å². The summed E-state index contributed by atoms with van der Waals surface area (Å²) in [6.07, 6.45) is 6.40. The molecule has 0 aromatic carbocycles. The van der Waals surface area contributed by atoms with Crippen LogP contribution in [0.5, 0.6) is 0 Å². The standard InChI is InChI=1S/C15H22N2O2/c1-15(2)7-5-11(6-8-15)17-10-13-12(14(18)19)4-3-9-16-13/h3-4,9,11,17H,5-8,10H2,1-2H3,(H,18,19). The van der Waals surface area contributed by atoms with Crippen LogP contribution in [0.1, 0.15) is 55.6 Å². The highest BCUT2D eigenvalue weighted by atomic mass is 16.4. The van der Waals surface area contributed by atoms with Gasteiger partial charge in [-0.1, -0.05) is 13.8 Å². The first-order valence-electron chi connectivity index (χ1n) is 6.88. The molecule has 2 rings (SSSR count). The molecule has 0 saturated heterocycles. The molecule has 104 valence electrons. The molecule has 0 atom stereocenters. The molecule has 0 unspecified atom stereocenters. The number of pyridine rings is 1. The van der Waals surface area contributed by atoms with E-state index in [1.165, 1.54) is 12.8 Å². The molecule has 1 fully saturated rings. The van der Waals surface area contributed by atoms with Crippen LogP contribution in [-0.2, 0) is 6.54 Å². The van der Waals surface area contributed by atoms with Gasteiger partial charge in [-0.2, -0.15) is 0 Å². The maximum Gasteiger partial charge on any atom is 0.337 e. The third kappa shape index (κ3) is 3.77. The monoisotopic (exact) mass is 262 g/mol. The van der Waals surface area contributed by atoms with E-state index in [0.717, 1.165) is 12.8 Å². The van der Waals surface area contributed by atoms with Crippen LogP contribution in [0.3, 0.4) is 0 Å². The SMILES string of the molecule is CC1(C)CCC(NCc2ncccc2C(=O)O)CC1. The van der Waals surface area contributed by atoms with Crippen LogP contribution in [-0.4, -0.2) is 22.1 Å². The number of nitrogens with one attached hydrogen (secondary N) is 1. The van der Waals surface area contributed by atoms with E-state index in [1.54, 1.807) is 18.3 Å². The Balaban J connectivity index is 1.91. The van der Waals surface area contributed by atoms with Crippen molar-refractivity contribution in [2.45, 2.75) is 52.1 Å². The van der Waals surface area contributed by atoms with Gasteiger partial charge in [0.2, 0.25) is 0 Å². The summed E-state index contributed by atoms with van der Waals surface area (Å²) in [6.45, 7) is 5.16. The summed E-state index contributed by atoms with van der Waals surface area (Å²) in [4.78, 5) is 15.3. The second kappa shape index (κ2) is 5.70. The zero-order chi connectivity index (χ0) is 13.9. The van der Waals surface area contributed by atoms with Crippen molar-refractivity contribution in [3.8, 4) is 0 Å². The predicted molar refractivity (Wildman–Crippen MR) is 74.1 cm³/mol. The average molecular weight is 262 g/mol. The lowest BCUT2D eigenvalue weighted by molar-refractivity contribution is 0.0694. The van der Waals surface area contributed by atoms with E-state index in [-0.39, 0.29) is 0 Å². The van der Waals surface area contributed by atoms with E-state index >= 15 is 0 Å². The van der Waals surface area contributed by atoms with Gasteiger partial charge in [0.25, 0.3) is 0 Å². The fourth-order valence-electron chi connectivity index (χ4n) is 2.62. The molecule has 0 bridgehead atoms. The number of aromatic carboxylic acids is 1. The minimum atomic E-state index is -0.908. The Morgan fingerprint density at radius 1 is 1.47 bits per heavy atom. The van der Waals surface area contributed by atoms with Crippen molar-refractivity contribution in [2.24, 2.45) is 5.41 Å². The Morgan fingerprint density at radius 2 is 2.16 bits per heavy atom. The fraction of sp³-hybridized carbons (Fsp3) is 0.600. The van der Waals surface area contributed by atoms with Crippen molar-refractivity contribution in [1.82, 2.24) is 10.3 Å². The summed E-state index contributed by atoms with van der Waals surface area (Å²) in [6, 6.07) is 3.75. The Labute approximate surface area is 114 Å². The lowest BCUT2D eigenvalue weighted by Crippen LogP contribution is -2.35. The van der Waals surface area contributed by atoms with Gasteiger partial charge in [-0.25, -0.2) is 4.79 Å². The molecule has 1 heterocycles. The quantitative estimate of drug-likeness (QED) is 0.876. The molecule has 19 heavy (non-hydrogen) atoms. The maximum absolute atomic E-state index is 11.1. The molecule has 0 radical (unpaired) electrons. The number of rotatable bonds is 4. The molecule has 1 aromatic rings. The Bertz CT molecular complexity index is 447. The predicted octanol–water partition coefficient (Wildman–Crippen LogP) is 2.84. The third-order valence-corrected chi connectivity index (χ3v) is 4.02. The molecular formula is C15H22N2O2. The number of carboxylic acids is 1. The van der Waals surface area contributed by atoms with E-state index in [9.17, 15) is 4.79 Å². The van der Waals surface area contributed by atoms with E-state index in [1.807, 2.05) is 0 Å². The van der Waals surface area contributed by atoms with Crippen LogP contribution in [0.2, 0.25) is 0 Å². The van der Waals surface area contributed by atoms with E-state index < -0.39 is 5.97 Å². The smallest absolute Gasteiger partial charge is 0.337 e. The first-order valence-corrected chi connectivity index (χ1v) is 6.88. The molecule has 4 heteroatoms. The van der Waals surface area contributed by atoms with Gasteiger partial charge in [-0.15, -0.1) is 0 Å². The highest BCUT2D eigenvalue weighted by molar-refractivity contribution is 5.88. The zero-order valence-electron chi connectivity index (χ0n) is 11.6. The van der Waals surface area contributed by atoms with E-state index in [0.29, 0.717) is 29.3 Å². The topological polar surface area (TPSA) is 62.2 Å². The van der Waals surface area contributed by atoms with Gasteiger partial charge < -0.3 is 10.4 Å². The molecule has 0 aliphatic heterocycles. The van der Waals surface area contributed by atoms with Crippen LogP contribution in [0, 0.1) is 5.41 Å². The van der Waals surface area contributed by atoms with Crippen molar-refractivity contribution in [2.75, 3.05) is 0 Å². The number of carboxylic acid groups (broad SMARTS) is 1. The minimum Gasteiger partial charge on any atom is -0.478 e. The molecule has 1 aliphatic carbocycles. The lowest BCUT2D eigenvalue weighted by atomic mass is 9.75. The summed E-state index contributed by atoms with van der Waals surface area (Å²) < 4.78 is 0. The second-order valence-corrected chi connectivity index (χ2v) is 6.12. The average Bonchev–Trinajstić information content (AvgIpc) is 2.38. The molecule has 1 saturated carbocycles. The van der Waals surface area contributed by atoms with Crippen LogP contribution < -0.4 is 5.32 Å². The Hall–Kier alpha value is -1.42. The minimum absolute atomic E-state index is 0.297. The number of hydrogen-bond donors (Lipinski definition) is 2. The molecule has 0 spiro atoms. The molecule has 1 aliphatic rings. The number of nitrogens with zero attached hydrogens (tertiary/aromatic N) is 1. The van der Waals surface area contributed by atoms with E-state index in [4.69, 9.17) is 5.11 Å². The van der Waals surface area contributed by atoms with Crippen LogP contribution >= 0.6 is 0 Å². The number of aromatic nitrogens is 1. The van der Waals surface area contributed by atoms with Crippen molar-refractivity contribution >= 4 is 5.97 Å². The van der Waals surface area contributed by atoms with Crippen molar-refractivity contribution in [3.05, 3.63) is 29.6 Å². The number of hydrogen-bond acceptors (Lipinski definition) is 3. The van der Waals surface area contributed by atoms with Crippen LogP contribution in [0.15, 0.2) is 18.3 Å². The summed E-state index contributed by atoms with van der Waals surface area (Å²) in [5.74, 6) is -0.908. The Morgan fingerprint density at radius 3 is 2.79 bits per heavy atom. The van der Waals surface area contributed by atoms with Crippen molar-refractivity contribution in [1.29, 1.82) is 0 Å². The van der Waals surface area contributed by atoms with E-state index in [2.05, 4.69) is 24.1 Å². The first kappa shape index (κ1) is 14.0. The van der Waals surface area contributed by atoms with Gasteiger partial charge in [-0.3, -0.25) is 4.98 Å². The number of carbonyl (C=O) groups is 1. The molecular weight excluding hydrogens is 240 g/mol. The molecule has 4 nitrogen and oxygen atoms in total. The molecule has 2 N–H and O–H groups in total. The normalized spacial score (nSPS) is 19.3. The fourth-order valence-corrected chi connectivity index (χ4v) is 2.62. The largest absolute Gasteiger partial charge is 0.478 e. The second-order valence-electron chi connectivity index (χ2n) is 6.12. The lowest BCUT2D eigenvalue weighted by Gasteiger charge is -2.34. The third-order valence-electron chi connectivity index (χ3n) is 4.02. The summed E-state index contributed by atoms with van der Waals surface area (Å²) in [5.41, 5.74) is 1.38. The molecule has 1 aromatic heterocycles. The van der Waals surface area contributed by atoms with Gasteiger partial charge in [0.15, 0.2) is 0 Å². The molecule has 0 amide bonds. The summed E-state index contributed by atoms with van der Waals surface area (Å²) in [7, 11) is 0. The Kier molecular flexibility index (Phi) is 4.20. The van der Waals surface area contributed by atoms with Crippen molar-refractivity contribution in [3.63, 3.8) is 0 Å². The summed E-state index contributed by atoms with van der Waals surface area (Å²) >= 11 is 0. The van der Waals surface area contributed by atoms with Gasteiger partial charge in [0.1, 0.15) is 0 Å². The van der Waals surface area contributed by atoms with Crippen LogP contribution in [0.4, 0.5) is 0 Å².